The first kappa shape index (κ1) is 9.91. The maximum atomic E-state index is 8.46. The van der Waals surface area contributed by atoms with Gasteiger partial charge in [-0.3, -0.25) is 4.98 Å². The molecule has 0 N–H and O–H groups in total. The number of rotatable bonds is 1. The van der Waals surface area contributed by atoms with Gasteiger partial charge in [-0.1, -0.05) is 76.9 Å². The lowest BCUT2D eigenvalue weighted by Gasteiger charge is -2.25. The van der Waals surface area contributed by atoms with Gasteiger partial charge in [0.15, 0.2) is 0 Å². The minimum absolute atomic E-state index is 0.0730. The molecule has 1 nitrogen and oxygen atoms in total. The molecule has 0 fully saturated rings. The van der Waals surface area contributed by atoms with Crippen LogP contribution in [0.15, 0.2) is 60.8 Å². The van der Waals surface area contributed by atoms with Gasteiger partial charge >= 0.3 is 0 Å². The predicted molar refractivity (Wildman–Crippen MR) is 106 cm³/mol. The third-order valence-electron chi connectivity index (χ3n) is 4.90. The Morgan fingerprint density at radius 2 is 1.72 bits per heavy atom. The van der Waals surface area contributed by atoms with Crippen molar-refractivity contribution in [3.63, 3.8) is 0 Å². The molecule has 4 rings (SSSR count). The van der Waals surface area contributed by atoms with Gasteiger partial charge in [-0.05, 0) is 45.4 Å². The average Bonchev–Trinajstić information content (AvgIpc) is 2.97. The maximum Gasteiger partial charge on any atom is 0.0708 e. The Morgan fingerprint density at radius 1 is 0.960 bits per heavy atom. The van der Waals surface area contributed by atoms with Crippen LogP contribution in [0.25, 0.3) is 22.4 Å². The lowest BCUT2D eigenvalue weighted by Crippen LogP contribution is -2.16. The van der Waals surface area contributed by atoms with E-state index < -0.39 is 19.1 Å². The van der Waals surface area contributed by atoms with E-state index in [1.54, 1.807) is 36.5 Å². The van der Waals surface area contributed by atoms with Gasteiger partial charge in [0.1, 0.15) is 0 Å². The molecule has 0 aliphatic heterocycles. The van der Waals surface area contributed by atoms with E-state index in [1.807, 2.05) is 12.1 Å². The fourth-order valence-corrected chi connectivity index (χ4v) is 3.55. The van der Waals surface area contributed by atoms with Crippen molar-refractivity contribution in [2.24, 2.45) is 0 Å². The number of aromatic nitrogens is 1. The smallest absolute Gasteiger partial charge is 0.0708 e. The van der Waals surface area contributed by atoms with Gasteiger partial charge in [-0.25, -0.2) is 0 Å². The molecule has 3 aromatic rings. The minimum atomic E-state index is -2.89. The molecule has 0 atom stereocenters. The van der Waals surface area contributed by atoms with Crippen LogP contribution in [0.5, 0.6) is 0 Å². The molecule has 2 aromatic carbocycles. The number of fused-ring (bicyclic) bond motifs is 3. The summed E-state index contributed by atoms with van der Waals surface area (Å²) in [6.07, 6.45) is 1.67. The number of nitrogens with zero attached hydrogens (tertiary/aromatic N) is 1. The number of hydrogen-bond acceptors (Lipinski definition) is 1. The maximum absolute atomic E-state index is 8.46. The van der Waals surface area contributed by atoms with Crippen LogP contribution in [0.3, 0.4) is 0 Å². The van der Waals surface area contributed by atoms with E-state index >= 15 is 0 Å². The predicted octanol–water partition coefficient (Wildman–Crippen LogP) is 6.35. The summed E-state index contributed by atoms with van der Waals surface area (Å²) in [5.41, 5.74) is 1.09. The van der Waals surface area contributed by atoms with Crippen molar-refractivity contribution in [2.45, 2.75) is 45.3 Å². The molecule has 1 aromatic heterocycles. The van der Waals surface area contributed by atoms with Crippen LogP contribution in [0.2, 0.25) is 0 Å². The van der Waals surface area contributed by atoms with Gasteiger partial charge in [0, 0.05) is 25.4 Å². The van der Waals surface area contributed by atoms with Crippen molar-refractivity contribution in [2.75, 3.05) is 0 Å². The van der Waals surface area contributed by atoms with Gasteiger partial charge in [0.05, 0.1) is 7.06 Å². The van der Waals surface area contributed by atoms with Crippen molar-refractivity contribution >= 4 is 0 Å². The Labute approximate surface area is 160 Å². The van der Waals surface area contributed by atoms with Crippen molar-refractivity contribution in [1.82, 2.24) is 4.98 Å². The van der Waals surface area contributed by atoms with Gasteiger partial charge in [-0.15, -0.1) is 0 Å². The number of hydrogen-bond donors (Lipinski definition) is 0. The van der Waals surface area contributed by atoms with Crippen LogP contribution in [-0.2, 0) is 10.8 Å². The molecule has 1 heterocycles. The summed E-state index contributed by atoms with van der Waals surface area (Å²) >= 11 is 0. The second kappa shape index (κ2) is 5.29. The molecule has 25 heavy (non-hydrogen) atoms. The Balaban J connectivity index is 2.16. The molecule has 0 radical (unpaired) electrons. The van der Waals surface area contributed by atoms with E-state index in [-0.39, 0.29) is 22.6 Å². The van der Waals surface area contributed by atoms with E-state index in [1.165, 1.54) is 6.07 Å². The van der Waals surface area contributed by atoms with Crippen LogP contribution in [-0.4, -0.2) is 4.98 Å². The monoisotopic (exact) mass is 334 g/mol. The minimum Gasteiger partial charge on any atom is -0.256 e. The molecule has 1 aliphatic carbocycles. The third kappa shape index (κ3) is 2.41. The first-order chi connectivity index (χ1) is 14.7. The molecule has 0 saturated carbocycles. The summed E-state index contributed by atoms with van der Waals surface area (Å²) < 4.78 is 58.8. The summed E-state index contributed by atoms with van der Waals surface area (Å²) in [5.74, 6) is 0. The van der Waals surface area contributed by atoms with Gasteiger partial charge < -0.3 is 0 Å². The van der Waals surface area contributed by atoms with Crippen LogP contribution < -0.4 is 0 Å². The zero-order valence-corrected chi connectivity index (χ0v) is 14.6. The van der Waals surface area contributed by atoms with E-state index in [0.29, 0.717) is 22.4 Å². The Bertz CT molecular complexity index is 1190. The molecule has 0 unspecified atom stereocenters. The molecule has 1 aliphatic rings. The Hall–Kier alpha value is -2.41. The van der Waals surface area contributed by atoms with E-state index in [9.17, 15) is 0 Å². The van der Waals surface area contributed by atoms with Crippen LogP contribution in [0.4, 0.5) is 0 Å². The second-order valence-corrected chi connectivity index (χ2v) is 7.63. The fraction of sp³-hybridized carbons (Fsp3) is 0.292. The zero-order valence-electron chi connectivity index (χ0n) is 21.6. The van der Waals surface area contributed by atoms with Crippen molar-refractivity contribution in [3.05, 3.63) is 77.5 Å². The van der Waals surface area contributed by atoms with Gasteiger partial charge in [0.2, 0.25) is 0 Å². The van der Waals surface area contributed by atoms with E-state index in [0.717, 1.165) is 5.56 Å². The average molecular weight is 335 g/mol. The van der Waals surface area contributed by atoms with E-state index in [4.69, 9.17) is 9.60 Å². The highest BCUT2D eigenvalue weighted by molar-refractivity contribution is 5.87. The molecule has 1 heteroatoms. The lowest BCUT2D eigenvalue weighted by atomic mass is 9.79. The van der Waals surface area contributed by atoms with Crippen LogP contribution >= 0.6 is 0 Å². The first-order valence-corrected chi connectivity index (χ1v) is 8.41. The van der Waals surface area contributed by atoms with Gasteiger partial charge in [0.25, 0.3) is 0 Å². The summed E-state index contributed by atoms with van der Waals surface area (Å²) in [4.78, 5) is 4.51. The van der Waals surface area contributed by atoms with Crippen LogP contribution in [0, 0.1) is 0 Å². The van der Waals surface area contributed by atoms with Crippen molar-refractivity contribution in [1.29, 1.82) is 0 Å². The highest BCUT2D eigenvalue weighted by Crippen LogP contribution is 2.51. The molecule has 0 spiro atoms. The Morgan fingerprint density at radius 3 is 2.48 bits per heavy atom. The van der Waals surface area contributed by atoms with Crippen molar-refractivity contribution < 1.29 is 9.60 Å². The second-order valence-electron chi connectivity index (χ2n) is 7.63. The summed E-state index contributed by atoms with van der Waals surface area (Å²) in [5, 5.41) is 0. The molecule has 0 bridgehead atoms. The Kier molecular flexibility index (Phi) is 2.10. The first-order valence-electron chi connectivity index (χ1n) is 11.9. The molecular formula is C24H25N. The third-order valence-corrected chi connectivity index (χ3v) is 4.90. The van der Waals surface area contributed by atoms with Crippen molar-refractivity contribution in [3.8, 4) is 22.4 Å². The topological polar surface area (TPSA) is 12.9 Å². The van der Waals surface area contributed by atoms with Gasteiger partial charge in [-0.2, -0.15) is 0 Å². The summed E-state index contributed by atoms with van der Waals surface area (Å²) in [7, 11) is 0. The zero-order chi connectivity index (χ0) is 23.7. The highest BCUT2D eigenvalue weighted by Gasteiger charge is 2.37. The SMILES string of the molecule is [2H]c1ccc2c(c1)C(C([2H])([2H])[2H])(C([2H])([2H])[2H])c1c(-c3cc(C(C)(C)C)ccn3)cccc1-2. The quantitative estimate of drug-likeness (QED) is 0.505. The lowest BCUT2D eigenvalue weighted by molar-refractivity contribution is 0.589. The summed E-state index contributed by atoms with van der Waals surface area (Å²) in [6, 6.07) is 13.8. The molecular weight excluding hydrogens is 302 g/mol. The highest BCUT2D eigenvalue weighted by atomic mass is 14.7. The fourth-order valence-electron chi connectivity index (χ4n) is 3.55. The summed E-state index contributed by atoms with van der Waals surface area (Å²) in [6.45, 7) is 0.445. The standard InChI is InChI=1S/C24H25N/c1-23(2,3)16-13-14-25-21(15-16)19-11-8-10-18-17-9-6-7-12-20(17)24(4,5)22(18)19/h6-15H,1-5H3/i4D3,5D3,7D. The van der Waals surface area contributed by atoms with Crippen LogP contribution in [0.1, 0.15) is 60.8 Å². The number of benzene rings is 2. The number of pyridine rings is 1. The molecule has 0 amide bonds. The van der Waals surface area contributed by atoms with E-state index in [2.05, 4.69) is 25.8 Å². The molecule has 126 valence electrons. The molecule has 0 saturated heterocycles. The normalized spacial score (nSPS) is 20.0. The largest absolute Gasteiger partial charge is 0.256 e.